The number of rotatable bonds is 4. The Morgan fingerprint density at radius 1 is 1.08 bits per heavy atom. The maximum Gasteiger partial charge on any atom is 0.340 e. The van der Waals surface area contributed by atoms with Crippen molar-refractivity contribution in [2.45, 2.75) is 4.90 Å². The van der Waals surface area contributed by atoms with Crippen molar-refractivity contribution in [3.63, 3.8) is 0 Å². The molecule has 132 valence electrons. The quantitative estimate of drug-likeness (QED) is 0.836. The van der Waals surface area contributed by atoms with Crippen LogP contribution in [0.5, 0.6) is 0 Å². The summed E-state index contributed by atoms with van der Waals surface area (Å²) >= 11 is 0. The Hall–Kier alpha value is -2.81. The molecule has 1 amide bonds. The van der Waals surface area contributed by atoms with Crippen molar-refractivity contribution in [1.82, 2.24) is 0 Å². The van der Waals surface area contributed by atoms with Crippen LogP contribution in [-0.4, -0.2) is 33.7 Å². The van der Waals surface area contributed by atoms with E-state index in [0.29, 0.717) is 6.07 Å². The molecule has 25 heavy (non-hydrogen) atoms. The zero-order chi connectivity index (χ0) is 18.8. The van der Waals surface area contributed by atoms with Gasteiger partial charge in [-0.15, -0.1) is 0 Å². The second kappa shape index (κ2) is 6.98. The average molecular weight is 369 g/mol. The number of methoxy groups -OCH3 is 1. The predicted molar refractivity (Wildman–Crippen MR) is 85.2 cm³/mol. The summed E-state index contributed by atoms with van der Waals surface area (Å²) in [5.41, 5.74) is -1.05. The summed E-state index contributed by atoms with van der Waals surface area (Å²) in [6.07, 6.45) is 0.978. The lowest BCUT2D eigenvalue weighted by Crippen LogP contribution is -2.15. The van der Waals surface area contributed by atoms with Gasteiger partial charge in [0.15, 0.2) is 9.84 Å². The normalized spacial score (nSPS) is 11.0. The number of esters is 1. The molecular weight excluding hydrogens is 356 g/mol. The van der Waals surface area contributed by atoms with Gasteiger partial charge in [0.25, 0.3) is 5.91 Å². The van der Waals surface area contributed by atoms with E-state index >= 15 is 0 Å². The van der Waals surface area contributed by atoms with Gasteiger partial charge in [-0.05, 0) is 24.3 Å². The highest BCUT2D eigenvalue weighted by molar-refractivity contribution is 7.90. The van der Waals surface area contributed by atoms with Crippen molar-refractivity contribution in [2.24, 2.45) is 0 Å². The van der Waals surface area contributed by atoms with Crippen molar-refractivity contribution in [3.8, 4) is 0 Å². The van der Waals surface area contributed by atoms with Crippen LogP contribution in [0.25, 0.3) is 0 Å². The lowest BCUT2D eigenvalue weighted by atomic mass is 10.1. The zero-order valence-electron chi connectivity index (χ0n) is 13.2. The third kappa shape index (κ3) is 4.18. The van der Waals surface area contributed by atoms with Gasteiger partial charge in [0.05, 0.1) is 23.3 Å². The molecule has 0 aromatic heterocycles. The first-order valence-corrected chi connectivity index (χ1v) is 8.71. The van der Waals surface area contributed by atoms with Crippen molar-refractivity contribution < 1.29 is 31.5 Å². The third-order valence-corrected chi connectivity index (χ3v) is 4.34. The number of hydrogen-bond donors (Lipinski definition) is 1. The first-order valence-electron chi connectivity index (χ1n) is 6.82. The first-order chi connectivity index (χ1) is 11.6. The Labute approximate surface area is 142 Å². The molecule has 0 spiro atoms. The Morgan fingerprint density at radius 3 is 2.36 bits per heavy atom. The number of hydrogen-bond acceptors (Lipinski definition) is 5. The molecule has 0 fully saturated rings. The second-order valence-corrected chi connectivity index (χ2v) is 7.07. The van der Waals surface area contributed by atoms with Crippen LogP contribution in [0.15, 0.2) is 41.3 Å². The SMILES string of the molecule is COC(=O)c1cc(NC(=O)c2cccc(S(C)(=O)=O)c2)c(F)cc1F. The fourth-order valence-electron chi connectivity index (χ4n) is 1.97. The number of anilines is 1. The predicted octanol–water partition coefficient (Wildman–Crippen LogP) is 2.41. The fraction of sp³-hybridized carbons (Fsp3) is 0.125. The third-order valence-electron chi connectivity index (χ3n) is 3.23. The van der Waals surface area contributed by atoms with Gasteiger partial charge in [-0.2, -0.15) is 0 Å². The number of amides is 1. The van der Waals surface area contributed by atoms with E-state index in [0.717, 1.165) is 25.5 Å². The largest absolute Gasteiger partial charge is 0.465 e. The summed E-state index contributed by atoms with van der Waals surface area (Å²) in [5.74, 6) is -4.10. The van der Waals surface area contributed by atoms with E-state index in [1.807, 2.05) is 0 Å². The fourth-order valence-corrected chi connectivity index (χ4v) is 2.64. The van der Waals surface area contributed by atoms with Gasteiger partial charge in [0.1, 0.15) is 11.6 Å². The average Bonchev–Trinajstić information content (AvgIpc) is 2.55. The molecule has 0 radical (unpaired) electrons. The van der Waals surface area contributed by atoms with Crippen LogP contribution in [0.4, 0.5) is 14.5 Å². The Morgan fingerprint density at radius 2 is 1.76 bits per heavy atom. The molecule has 0 heterocycles. The number of halogens is 2. The summed E-state index contributed by atoms with van der Waals surface area (Å²) < 4.78 is 54.9. The van der Waals surface area contributed by atoms with Crippen molar-refractivity contribution in [2.75, 3.05) is 18.7 Å². The van der Waals surface area contributed by atoms with Gasteiger partial charge in [-0.1, -0.05) is 6.07 Å². The van der Waals surface area contributed by atoms with Crippen LogP contribution in [-0.2, 0) is 14.6 Å². The summed E-state index contributed by atoms with van der Waals surface area (Å²) in [4.78, 5) is 23.6. The summed E-state index contributed by atoms with van der Waals surface area (Å²) in [7, 11) is -2.50. The summed E-state index contributed by atoms with van der Waals surface area (Å²) in [5, 5.41) is 2.17. The highest BCUT2D eigenvalue weighted by Crippen LogP contribution is 2.21. The lowest BCUT2D eigenvalue weighted by Gasteiger charge is -2.10. The molecule has 1 N–H and O–H groups in total. The number of carbonyl (C=O) groups excluding carboxylic acids is 2. The standard InChI is InChI=1S/C16H13F2NO5S/c1-24-16(21)11-7-14(13(18)8-12(11)17)19-15(20)9-4-3-5-10(6-9)25(2,22)23/h3-8H,1-2H3,(H,19,20). The molecule has 0 aliphatic carbocycles. The van der Waals surface area contributed by atoms with E-state index in [2.05, 4.69) is 10.1 Å². The molecule has 2 aromatic carbocycles. The number of benzene rings is 2. The minimum Gasteiger partial charge on any atom is -0.465 e. The molecule has 0 saturated heterocycles. The molecular formula is C16H13F2NO5S. The Balaban J connectivity index is 2.37. The molecule has 6 nitrogen and oxygen atoms in total. The molecule has 2 rings (SSSR count). The van der Waals surface area contributed by atoms with Crippen LogP contribution in [0.2, 0.25) is 0 Å². The van der Waals surface area contributed by atoms with Crippen molar-refractivity contribution in [3.05, 3.63) is 59.2 Å². The molecule has 0 bridgehead atoms. The van der Waals surface area contributed by atoms with Gasteiger partial charge >= 0.3 is 5.97 Å². The topological polar surface area (TPSA) is 89.5 Å². The van der Waals surface area contributed by atoms with E-state index in [1.165, 1.54) is 18.2 Å². The number of ether oxygens (including phenoxy) is 1. The van der Waals surface area contributed by atoms with E-state index in [1.54, 1.807) is 0 Å². The van der Waals surface area contributed by atoms with Crippen LogP contribution >= 0.6 is 0 Å². The minimum absolute atomic E-state index is 0.0498. The highest BCUT2D eigenvalue weighted by Gasteiger charge is 2.19. The van der Waals surface area contributed by atoms with Crippen LogP contribution in [0, 0.1) is 11.6 Å². The molecule has 2 aromatic rings. The minimum atomic E-state index is -3.53. The maximum atomic E-state index is 13.8. The van der Waals surface area contributed by atoms with E-state index < -0.39 is 44.6 Å². The van der Waals surface area contributed by atoms with Crippen LogP contribution in [0.3, 0.4) is 0 Å². The number of carbonyl (C=O) groups is 2. The number of nitrogens with one attached hydrogen (secondary N) is 1. The first kappa shape index (κ1) is 18.5. The summed E-state index contributed by atoms with van der Waals surface area (Å²) in [6, 6.07) is 6.34. The van der Waals surface area contributed by atoms with Gasteiger partial charge in [0, 0.05) is 17.9 Å². The van der Waals surface area contributed by atoms with Crippen molar-refractivity contribution >= 4 is 27.4 Å². The van der Waals surface area contributed by atoms with Gasteiger partial charge in [0.2, 0.25) is 0 Å². The number of sulfone groups is 1. The zero-order valence-corrected chi connectivity index (χ0v) is 14.0. The van der Waals surface area contributed by atoms with Gasteiger partial charge in [-0.3, -0.25) is 4.79 Å². The second-order valence-electron chi connectivity index (χ2n) is 5.06. The summed E-state index contributed by atoms with van der Waals surface area (Å²) in [6.45, 7) is 0. The molecule has 0 unspecified atom stereocenters. The van der Waals surface area contributed by atoms with E-state index in [9.17, 15) is 26.8 Å². The van der Waals surface area contributed by atoms with Crippen LogP contribution < -0.4 is 5.32 Å². The smallest absolute Gasteiger partial charge is 0.340 e. The van der Waals surface area contributed by atoms with Gasteiger partial charge in [-0.25, -0.2) is 22.0 Å². The monoisotopic (exact) mass is 369 g/mol. The molecule has 0 saturated carbocycles. The highest BCUT2D eigenvalue weighted by atomic mass is 32.2. The molecule has 0 atom stereocenters. The lowest BCUT2D eigenvalue weighted by molar-refractivity contribution is 0.0595. The van der Waals surface area contributed by atoms with Crippen LogP contribution in [0.1, 0.15) is 20.7 Å². The van der Waals surface area contributed by atoms with Crippen molar-refractivity contribution in [1.29, 1.82) is 0 Å². The molecule has 9 heteroatoms. The molecule has 0 aliphatic heterocycles. The van der Waals surface area contributed by atoms with Gasteiger partial charge < -0.3 is 10.1 Å². The Bertz CT molecular complexity index is 957. The molecule has 0 aliphatic rings. The van der Waals surface area contributed by atoms with E-state index in [4.69, 9.17) is 0 Å². The van der Waals surface area contributed by atoms with E-state index in [-0.39, 0.29) is 10.5 Å². The Kier molecular flexibility index (Phi) is 5.17. The maximum absolute atomic E-state index is 13.8.